The molecule has 2 atom stereocenters. The topological polar surface area (TPSA) is 131 Å². The highest BCUT2D eigenvalue weighted by atomic mass is 16.6. The number of rotatable bonds is 9. The van der Waals surface area contributed by atoms with Crippen molar-refractivity contribution in [1.82, 2.24) is 15.5 Å². The molecule has 4 N–H and O–H groups in total. The van der Waals surface area contributed by atoms with Crippen LogP contribution in [0.4, 0.5) is 4.79 Å². The van der Waals surface area contributed by atoms with E-state index < -0.39 is 46.7 Å². The smallest absolute Gasteiger partial charge is 0.408 e. The molecule has 0 heterocycles. The molecule has 0 aliphatic carbocycles. The highest BCUT2D eigenvalue weighted by molar-refractivity contribution is 5.93. The minimum atomic E-state index is -1.14. The average molecular weight is 519 g/mol. The van der Waals surface area contributed by atoms with Gasteiger partial charge in [0.15, 0.2) is 0 Å². The molecule has 0 aromatic heterocycles. The quantitative estimate of drug-likeness (QED) is 0.455. The number of amides is 4. The predicted octanol–water partition coefficient (Wildman–Crippen LogP) is 3.99. The van der Waals surface area contributed by atoms with Gasteiger partial charge in [0.1, 0.15) is 17.7 Å². The fourth-order valence-corrected chi connectivity index (χ4v) is 3.80. The van der Waals surface area contributed by atoms with E-state index in [9.17, 15) is 19.2 Å². The number of nitrogens with two attached hydrogens (primary N) is 1. The van der Waals surface area contributed by atoms with Crippen LogP contribution in [0.25, 0.3) is 0 Å². The lowest BCUT2D eigenvalue weighted by Gasteiger charge is -2.43. The third-order valence-corrected chi connectivity index (χ3v) is 5.34. The van der Waals surface area contributed by atoms with Crippen molar-refractivity contribution < 1.29 is 23.9 Å². The molecule has 4 amide bonds. The molecule has 0 fully saturated rings. The van der Waals surface area contributed by atoms with Gasteiger partial charge in [-0.15, -0.1) is 0 Å². The predicted molar refractivity (Wildman–Crippen MR) is 145 cm³/mol. The number of aryl methyl sites for hydroxylation is 1. The number of ether oxygens (including phenoxy) is 1. The van der Waals surface area contributed by atoms with Crippen molar-refractivity contribution in [2.24, 2.45) is 5.73 Å². The van der Waals surface area contributed by atoms with E-state index in [1.807, 2.05) is 72.7 Å². The molecule has 0 aliphatic heterocycles. The second-order valence-electron chi connectivity index (χ2n) is 12.3. The van der Waals surface area contributed by atoms with Gasteiger partial charge in [0.2, 0.25) is 17.7 Å². The number of benzene rings is 1. The van der Waals surface area contributed by atoms with Crippen LogP contribution in [0.2, 0.25) is 0 Å². The van der Waals surface area contributed by atoms with Gasteiger partial charge < -0.3 is 26.0 Å². The highest BCUT2D eigenvalue weighted by Gasteiger charge is 2.42. The lowest BCUT2D eigenvalue weighted by atomic mass is 9.93. The van der Waals surface area contributed by atoms with Crippen molar-refractivity contribution in [2.45, 2.75) is 117 Å². The van der Waals surface area contributed by atoms with E-state index in [1.165, 1.54) is 4.90 Å². The van der Waals surface area contributed by atoms with Crippen LogP contribution in [-0.2, 0) is 25.5 Å². The maximum atomic E-state index is 14.1. The maximum absolute atomic E-state index is 14.1. The van der Waals surface area contributed by atoms with Crippen LogP contribution in [0, 0.1) is 0 Å². The first-order valence-corrected chi connectivity index (χ1v) is 12.8. The molecule has 1 rings (SSSR count). The van der Waals surface area contributed by atoms with Gasteiger partial charge in [-0.05, 0) is 86.3 Å². The van der Waals surface area contributed by atoms with Gasteiger partial charge in [-0.25, -0.2) is 4.79 Å². The number of carbonyl (C=O) groups is 4. The molecule has 0 radical (unpaired) electrons. The molecular weight excluding hydrogens is 472 g/mol. The minimum Gasteiger partial charge on any atom is -0.444 e. The number of alkyl carbamates (subject to hydrolysis) is 1. The summed E-state index contributed by atoms with van der Waals surface area (Å²) in [6, 6.07) is 5.42. The number of hydrogen-bond donors (Lipinski definition) is 3. The lowest BCUT2D eigenvalue weighted by Crippen LogP contribution is -2.59. The molecule has 0 bridgehead atoms. The molecule has 0 saturated carbocycles. The molecule has 9 nitrogen and oxygen atoms in total. The van der Waals surface area contributed by atoms with Crippen molar-refractivity contribution in [3.05, 3.63) is 35.4 Å². The normalized spacial score (nSPS) is 13.8. The number of hydrogen-bond acceptors (Lipinski definition) is 5. The van der Waals surface area contributed by atoms with E-state index in [1.54, 1.807) is 20.8 Å². The van der Waals surface area contributed by atoms with Crippen LogP contribution in [0.3, 0.4) is 0 Å². The first-order valence-electron chi connectivity index (χ1n) is 12.8. The Bertz CT molecular complexity index is 953. The molecule has 2 unspecified atom stereocenters. The molecule has 9 heteroatoms. The van der Waals surface area contributed by atoms with Gasteiger partial charge in [-0.3, -0.25) is 14.4 Å². The molecule has 1 aromatic rings. The average Bonchev–Trinajstić information content (AvgIpc) is 2.70. The SMILES string of the molecule is CCc1ccc(C(C(=O)NC(C)(C)C)N(C(=O)C(CCC(N)=O)NC(=O)OC(C)(C)C)C(C)(C)C)cc1. The van der Waals surface area contributed by atoms with Gasteiger partial charge in [0.25, 0.3) is 0 Å². The van der Waals surface area contributed by atoms with Crippen molar-refractivity contribution >= 4 is 23.8 Å². The van der Waals surface area contributed by atoms with Gasteiger partial charge in [-0.1, -0.05) is 31.2 Å². The standard InChI is InChI=1S/C28H46N4O5/c1-11-18-12-14-19(15-13-18)22(23(34)31-26(2,3)4)32(27(5,6)7)24(35)20(16-17-21(29)33)30-25(36)37-28(8,9)10/h12-15,20,22H,11,16-17H2,1-10H3,(H2,29,33)(H,30,36)(H,31,34). The molecule has 208 valence electrons. The highest BCUT2D eigenvalue weighted by Crippen LogP contribution is 2.31. The van der Waals surface area contributed by atoms with Gasteiger partial charge in [0, 0.05) is 17.5 Å². The van der Waals surface area contributed by atoms with Crippen molar-refractivity contribution in [2.75, 3.05) is 0 Å². The maximum Gasteiger partial charge on any atom is 0.408 e. The van der Waals surface area contributed by atoms with E-state index in [-0.39, 0.29) is 18.7 Å². The van der Waals surface area contributed by atoms with E-state index in [0.717, 1.165) is 12.0 Å². The summed E-state index contributed by atoms with van der Waals surface area (Å²) in [6.07, 6.45) is -0.140. The first-order chi connectivity index (χ1) is 16.7. The molecule has 0 saturated heterocycles. The Kier molecular flexibility index (Phi) is 10.7. The van der Waals surface area contributed by atoms with Crippen LogP contribution in [0.1, 0.15) is 99.2 Å². The Morgan fingerprint density at radius 2 is 1.49 bits per heavy atom. The molecular formula is C28H46N4O5. The summed E-state index contributed by atoms with van der Waals surface area (Å²) in [7, 11) is 0. The van der Waals surface area contributed by atoms with Crippen molar-refractivity contribution in [3.8, 4) is 0 Å². The number of primary amides is 1. The summed E-state index contributed by atoms with van der Waals surface area (Å²) in [5.74, 6) is -1.48. The first kappa shape index (κ1) is 31.9. The van der Waals surface area contributed by atoms with Crippen LogP contribution >= 0.6 is 0 Å². The zero-order valence-corrected chi connectivity index (χ0v) is 24.2. The Morgan fingerprint density at radius 3 is 1.89 bits per heavy atom. The third kappa shape index (κ3) is 10.8. The largest absolute Gasteiger partial charge is 0.444 e. The van der Waals surface area contributed by atoms with Crippen molar-refractivity contribution in [3.63, 3.8) is 0 Å². The Morgan fingerprint density at radius 1 is 0.946 bits per heavy atom. The van der Waals surface area contributed by atoms with E-state index in [4.69, 9.17) is 10.5 Å². The summed E-state index contributed by atoms with van der Waals surface area (Å²) >= 11 is 0. The second-order valence-corrected chi connectivity index (χ2v) is 12.3. The lowest BCUT2D eigenvalue weighted by molar-refractivity contribution is -0.149. The summed E-state index contributed by atoms with van der Waals surface area (Å²) in [6.45, 7) is 18.2. The molecule has 37 heavy (non-hydrogen) atoms. The summed E-state index contributed by atoms with van der Waals surface area (Å²) in [4.78, 5) is 53.5. The van der Waals surface area contributed by atoms with Gasteiger partial charge in [-0.2, -0.15) is 0 Å². The van der Waals surface area contributed by atoms with E-state index in [2.05, 4.69) is 10.6 Å². The zero-order valence-electron chi connectivity index (χ0n) is 24.2. The van der Waals surface area contributed by atoms with Crippen LogP contribution in [0.5, 0.6) is 0 Å². The Hall–Kier alpha value is -3.10. The Labute approximate surface area is 221 Å². The van der Waals surface area contributed by atoms with E-state index >= 15 is 0 Å². The molecule has 1 aromatic carbocycles. The number of nitrogens with one attached hydrogen (secondary N) is 2. The molecule has 0 aliphatic rings. The number of nitrogens with zero attached hydrogens (tertiary/aromatic N) is 1. The van der Waals surface area contributed by atoms with Crippen LogP contribution < -0.4 is 16.4 Å². The monoisotopic (exact) mass is 518 g/mol. The fraction of sp³-hybridized carbons (Fsp3) is 0.643. The fourth-order valence-electron chi connectivity index (χ4n) is 3.80. The van der Waals surface area contributed by atoms with Crippen LogP contribution in [0.15, 0.2) is 24.3 Å². The third-order valence-electron chi connectivity index (χ3n) is 5.34. The zero-order chi connectivity index (χ0) is 28.8. The summed E-state index contributed by atoms with van der Waals surface area (Å²) in [5.41, 5.74) is 4.91. The number of carbonyl (C=O) groups excluding carboxylic acids is 4. The van der Waals surface area contributed by atoms with Gasteiger partial charge in [0.05, 0.1) is 0 Å². The van der Waals surface area contributed by atoms with Gasteiger partial charge >= 0.3 is 6.09 Å². The second kappa shape index (κ2) is 12.4. The van der Waals surface area contributed by atoms with Crippen molar-refractivity contribution in [1.29, 1.82) is 0 Å². The molecule has 0 spiro atoms. The summed E-state index contributed by atoms with van der Waals surface area (Å²) < 4.78 is 5.36. The minimum absolute atomic E-state index is 0.0393. The Balaban J connectivity index is 3.61. The van der Waals surface area contributed by atoms with Crippen LogP contribution in [-0.4, -0.2) is 51.4 Å². The van der Waals surface area contributed by atoms with E-state index in [0.29, 0.717) is 5.56 Å². The summed E-state index contributed by atoms with van der Waals surface area (Å²) in [5, 5.41) is 5.60.